The van der Waals surface area contributed by atoms with E-state index in [4.69, 9.17) is 10.5 Å². The summed E-state index contributed by atoms with van der Waals surface area (Å²) >= 11 is 0. The molecule has 2 fully saturated rings. The number of aryl methyl sites for hydroxylation is 2. The number of nitrogens with zero attached hydrogens (tertiary/aromatic N) is 3. The fourth-order valence-corrected chi connectivity index (χ4v) is 3.58. The maximum atomic E-state index is 12.6. The van der Waals surface area contributed by atoms with Gasteiger partial charge in [-0.2, -0.15) is 5.10 Å². The number of ether oxygens (including phenoxy) is 1. The summed E-state index contributed by atoms with van der Waals surface area (Å²) in [5, 5.41) is 4.48. The summed E-state index contributed by atoms with van der Waals surface area (Å²) in [6, 6.07) is 2.26. The van der Waals surface area contributed by atoms with E-state index < -0.39 is 0 Å². The van der Waals surface area contributed by atoms with Gasteiger partial charge in [-0.1, -0.05) is 0 Å². The number of amides is 1. The molecule has 1 saturated carbocycles. The summed E-state index contributed by atoms with van der Waals surface area (Å²) in [6.07, 6.45) is 2.75. The first-order valence-electron chi connectivity index (χ1n) is 8.20. The van der Waals surface area contributed by atoms with Crippen LogP contribution in [0.1, 0.15) is 30.7 Å². The Labute approximate surface area is 131 Å². The molecule has 1 aliphatic heterocycles. The molecule has 0 bridgehead atoms. The Morgan fingerprint density at radius 3 is 2.91 bits per heavy atom. The highest BCUT2D eigenvalue weighted by Crippen LogP contribution is 2.26. The van der Waals surface area contributed by atoms with Crippen molar-refractivity contribution < 1.29 is 9.53 Å². The van der Waals surface area contributed by atoms with Gasteiger partial charge in [0.25, 0.3) is 0 Å². The minimum Gasteiger partial charge on any atom is -0.373 e. The fraction of sp³-hybridized carbons (Fsp3) is 0.750. The lowest BCUT2D eigenvalue weighted by molar-refractivity contribution is -0.143. The Morgan fingerprint density at radius 2 is 2.27 bits per heavy atom. The van der Waals surface area contributed by atoms with Gasteiger partial charge in [-0.3, -0.25) is 9.48 Å². The van der Waals surface area contributed by atoms with Crippen molar-refractivity contribution in [1.29, 1.82) is 0 Å². The molecule has 0 aromatic carbocycles. The standard InChI is InChI=1S/C16H26N4O2/c1-11-7-12(2)20(18-11)10-15-9-19(5-6-22-15)16(21)13-3-4-14(17)8-13/h7,13-15H,3-6,8-10,17H2,1-2H3. The predicted molar refractivity (Wildman–Crippen MR) is 83.3 cm³/mol. The Kier molecular flexibility index (Phi) is 4.49. The summed E-state index contributed by atoms with van der Waals surface area (Å²) in [6.45, 7) is 6.69. The van der Waals surface area contributed by atoms with Crippen LogP contribution >= 0.6 is 0 Å². The molecule has 1 aromatic rings. The molecular formula is C16H26N4O2. The smallest absolute Gasteiger partial charge is 0.225 e. The van der Waals surface area contributed by atoms with Gasteiger partial charge in [0.1, 0.15) is 0 Å². The van der Waals surface area contributed by atoms with Crippen molar-refractivity contribution in [1.82, 2.24) is 14.7 Å². The van der Waals surface area contributed by atoms with Crippen LogP contribution in [0.15, 0.2) is 6.07 Å². The van der Waals surface area contributed by atoms with E-state index in [0.29, 0.717) is 26.2 Å². The Balaban J connectivity index is 1.59. The van der Waals surface area contributed by atoms with E-state index >= 15 is 0 Å². The summed E-state index contributed by atoms with van der Waals surface area (Å²) in [5.74, 6) is 0.372. The fourth-order valence-electron chi connectivity index (χ4n) is 3.58. The number of carbonyl (C=O) groups is 1. The third kappa shape index (κ3) is 3.33. The molecular weight excluding hydrogens is 280 g/mol. The molecule has 3 unspecified atom stereocenters. The van der Waals surface area contributed by atoms with E-state index in [1.54, 1.807) is 0 Å². The molecule has 1 aromatic heterocycles. The van der Waals surface area contributed by atoms with Gasteiger partial charge >= 0.3 is 0 Å². The van der Waals surface area contributed by atoms with Crippen LogP contribution in [-0.2, 0) is 16.1 Å². The Morgan fingerprint density at radius 1 is 1.45 bits per heavy atom. The first kappa shape index (κ1) is 15.5. The van der Waals surface area contributed by atoms with Crippen molar-refractivity contribution in [3.8, 4) is 0 Å². The number of rotatable bonds is 3. The van der Waals surface area contributed by atoms with Gasteiger partial charge in [-0.25, -0.2) is 0 Å². The monoisotopic (exact) mass is 306 g/mol. The van der Waals surface area contributed by atoms with Gasteiger partial charge in [0.2, 0.25) is 5.91 Å². The van der Waals surface area contributed by atoms with Crippen molar-refractivity contribution >= 4 is 5.91 Å². The SMILES string of the molecule is Cc1cc(C)n(CC2CN(C(=O)C3CCC(N)C3)CCO2)n1. The maximum absolute atomic E-state index is 12.6. The van der Waals surface area contributed by atoms with Gasteiger partial charge in [-0.05, 0) is 39.2 Å². The Bertz CT molecular complexity index is 542. The zero-order chi connectivity index (χ0) is 15.7. The van der Waals surface area contributed by atoms with Crippen LogP contribution < -0.4 is 5.73 Å². The quantitative estimate of drug-likeness (QED) is 0.899. The molecule has 2 heterocycles. The topological polar surface area (TPSA) is 73.4 Å². The Hall–Kier alpha value is -1.40. The molecule has 2 N–H and O–H groups in total. The van der Waals surface area contributed by atoms with Gasteiger partial charge in [0.05, 0.1) is 24.9 Å². The molecule has 1 amide bonds. The van der Waals surface area contributed by atoms with Crippen LogP contribution in [0.2, 0.25) is 0 Å². The van der Waals surface area contributed by atoms with Crippen LogP contribution in [-0.4, -0.2) is 52.4 Å². The van der Waals surface area contributed by atoms with Crippen LogP contribution in [0.5, 0.6) is 0 Å². The largest absolute Gasteiger partial charge is 0.373 e. The van der Waals surface area contributed by atoms with Crippen LogP contribution in [0.25, 0.3) is 0 Å². The third-order valence-corrected chi connectivity index (χ3v) is 4.75. The lowest BCUT2D eigenvalue weighted by Crippen LogP contribution is -2.49. The highest BCUT2D eigenvalue weighted by Gasteiger charge is 2.33. The molecule has 0 spiro atoms. The molecule has 1 saturated heterocycles. The van der Waals surface area contributed by atoms with Gasteiger partial charge in [0, 0.05) is 30.7 Å². The van der Waals surface area contributed by atoms with Crippen LogP contribution in [0.4, 0.5) is 0 Å². The van der Waals surface area contributed by atoms with Crippen molar-refractivity contribution in [2.75, 3.05) is 19.7 Å². The van der Waals surface area contributed by atoms with Crippen molar-refractivity contribution in [2.45, 2.75) is 51.8 Å². The van der Waals surface area contributed by atoms with E-state index in [0.717, 1.165) is 30.7 Å². The normalized spacial score (nSPS) is 29.0. The molecule has 3 rings (SSSR count). The second kappa shape index (κ2) is 6.38. The molecule has 1 aliphatic carbocycles. The molecule has 122 valence electrons. The number of nitrogens with two attached hydrogens (primary N) is 1. The van der Waals surface area contributed by atoms with Crippen molar-refractivity contribution in [3.63, 3.8) is 0 Å². The first-order valence-corrected chi connectivity index (χ1v) is 8.20. The lowest BCUT2D eigenvalue weighted by atomic mass is 10.1. The van der Waals surface area contributed by atoms with E-state index in [9.17, 15) is 4.79 Å². The molecule has 2 aliphatic rings. The second-order valence-corrected chi connectivity index (χ2v) is 6.66. The van der Waals surface area contributed by atoms with E-state index in [1.807, 2.05) is 23.4 Å². The highest BCUT2D eigenvalue weighted by molar-refractivity contribution is 5.79. The van der Waals surface area contributed by atoms with Gasteiger partial charge < -0.3 is 15.4 Å². The zero-order valence-electron chi connectivity index (χ0n) is 13.5. The molecule has 0 radical (unpaired) electrons. The summed E-state index contributed by atoms with van der Waals surface area (Å²) < 4.78 is 7.80. The molecule has 22 heavy (non-hydrogen) atoms. The summed E-state index contributed by atoms with van der Waals surface area (Å²) in [5.41, 5.74) is 8.08. The van der Waals surface area contributed by atoms with Crippen LogP contribution in [0.3, 0.4) is 0 Å². The van der Waals surface area contributed by atoms with Gasteiger partial charge in [0.15, 0.2) is 0 Å². The number of hydrogen-bond acceptors (Lipinski definition) is 4. The first-order chi connectivity index (χ1) is 10.5. The summed E-state index contributed by atoms with van der Waals surface area (Å²) in [4.78, 5) is 14.6. The number of aromatic nitrogens is 2. The second-order valence-electron chi connectivity index (χ2n) is 6.66. The molecule has 6 nitrogen and oxygen atoms in total. The van der Waals surface area contributed by atoms with E-state index in [-0.39, 0.29) is 24.0 Å². The zero-order valence-corrected chi connectivity index (χ0v) is 13.5. The number of hydrogen-bond donors (Lipinski definition) is 1. The maximum Gasteiger partial charge on any atom is 0.225 e. The molecule has 3 atom stereocenters. The van der Waals surface area contributed by atoms with Crippen LogP contribution in [0, 0.1) is 19.8 Å². The average Bonchev–Trinajstić information content (AvgIpc) is 3.05. The van der Waals surface area contributed by atoms with E-state index in [2.05, 4.69) is 11.2 Å². The van der Waals surface area contributed by atoms with Gasteiger partial charge in [-0.15, -0.1) is 0 Å². The van der Waals surface area contributed by atoms with Crippen molar-refractivity contribution in [3.05, 3.63) is 17.5 Å². The van der Waals surface area contributed by atoms with Crippen molar-refractivity contribution in [2.24, 2.45) is 11.7 Å². The third-order valence-electron chi connectivity index (χ3n) is 4.75. The average molecular weight is 306 g/mol. The summed E-state index contributed by atoms with van der Waals surface area (Å²) in [7, 11) is 0. The number of carbonyl (C=O) groups excluding carboxylic acids is 1. The highest BCUT2D eigenvalue weighted by atomic mass is 16.5. The predicted octanol–water partition coefficient (Wildman–Crippen LogP) is 0.855. The lowest BCUT2D eigenvalue weighted by Gasteiger charge is -2.34. The minimum atomic E-state index is 0.0192. The number of morpholine rings is 1. The minimum absolute atomic E-state index is 0.0192. The van der Waals surface area contributed by atoms with E-state index in [1.165, 1.54) is 0 Å². The molecule has 6 heteroatoms.